The number of aryl methyl sites for hydroxylation is 1. The molecule has 0 aromatic carbocycles. The largest absolute Gasteiger partial charge is 0.469 e. The highest BCUT2D eigenvalue weighted by atomic mass is 16.5. The number of oxazole rings is 1. The van der Waals surface area contributed by atoms with Crippen molar-refractivity contribution in [2.45, 2.75) is 31.4 Å². The molecule has 1 aromatic rings. The van der Waals surface area contributed by atoms with Crippen LogP contribution in [0.1, 0.15) is 30.5 Å². The van der Waals surface area contributed by atoms with Crippen LogP contribution >= 0.6 is 0 Å². The van der Waals surface area contributed by atoms with E-state index in [0.29, 0.717) is 24.5 Å². The summed E-state index contributed by atoms with van der Waals surface area (Å²) in [6.45, 7) is 0.807. The molecular formula is C12H18N2O4. The summed E-state index contributed by atoms with van der Waals surface area (Å²) in [5.41, 5.74) is 0. The Morgan fingerprint density at radius 2 is 2.44 bits per heavy atom. The molecule has 0 saturated carbocycles. The van der Waals surface area contributed by atoms with Gasteiger partial charge in [-0.1, -0.05) is 0 Å². The van der Waals surface area contributed by atoms with E-state index in [4.69, 9.17) is 9.15 Å². The molecule has 2 rings (SSSR count). The fourth-order valence-corrected chi connectivity index (χ4v) is 2.00. The average molecular weight is 254 g/mol. The fourth-order valence-electron chi connectivity index (χ4n) is 2.00. The molecule has 1 aliphatic rings. The maximum atomic E-state index is 11.0. The van der Waals surface area contributed by atoms with Crippen molar-refractivity contribution < 1.29 is 18.7 Å². The lowest BCUT2D eigenvalue weighted by Crippen LogP contribution is -2.16. The predicted molar refractivity (Wildman–Crippen MR) is 63.0 cm³/mol. The Morgan fingerprint density at radius 1 is 1.61 bits per heavy atom. The maximum Gasteiger partial charge on any atom is 0.305 e. The number of esters is 1. The molecule has 0 aliphatic carbocycles. The van der Waals surface area contributed by atoms with Crippen LogP contribution in [-0.4, -0.2) is 37.8 Å². The van der Waals surface area contributed by atoms with Gasteiger partial charge in [-0.05, 0) is 6.42 Å². The Hall–Kier alpha value is -1.40. The standard InChI is InChI=1S/C12H18N2O4/c1-16-9-5-10(13-7-9)12-14-6-8(18-12)3-4-11(15)17-2/h6,9-10,13H,3-5,7H2,1-2H3/t9-,10-/m0/s1. The van der Waals surface area contributed by atoms with E-state index in [2.05, 4.69) is 15.0 Å². The van der Waals surface area contributed by atoms with E-state index >= 15 is 0 Å². The molecule has 0 unspecified atom stereocenters. The number of hydrogen-bond acceptors (Lipinski definition) is 6. The number of nitrogens with zero attached hydrogens (tertiary/aromatic N) is 1. The molecule has 0 radical (unpaired) electrons. The van der Waals surface area contributed by atoms with E-state index in [1.807, 2.05) is 0 Å². The Balaban J connectivity index is 1.88. The summed E-state index contributed by atoms with van der Waals surface area (Å²) in [5.74, 6) is 1.12. The summed E-state index contributed by atoms with van der Waals surface area (Å²) in [6.07, 6.45) is 3.55. The molecule has 1 aromatic heterocycles. The van der Waals surface area contributed by atoms with Gasteiger partial charge in [0.15, 0.2) is 0 Å². The number of hydrogen-bond donors (Lipinski definition) is 1. The fraction of sp³-hybridized carbons (Fsp3) is 0.667. The molecule has 0 spiro atoms. The van der Waals surface area contributed by atoms with Gasteiger partial charge in [-0.2, -0.15) is 0 Å². The second-order valence-electron chi connectivity index (χ2n) is 4.30. The van der Waals surface area contributed by atoms with Crippen LogP contribution in [0.15, 0.2) is 10.6 Å². The number of aromatic nitrogens is 1. The number of carbonyl (C=O) groups excluding carboxylic acids is 1. The third kappa shape index (κ3) is 3.08. The SMILES string of the molecule is COC(=O)CCc1cnc([C@@H]2C[C@H](OC)CN2)o1. The lowest BCUT2D eigenvalue weighted by molar-refractivity contribution is -0.140. The Bertz CT molecular complexity index is 405. The maximum absolute atomic E-state index is 11.0. The molecule has 18 heavy (non-hydrogen) atoms. The monoisotopic (exact) mass is 254 g/mol. The molecule has 6 nitrogen and oxygen atoms in total. The van der Waals surface area contributed by atoms with E-state index in [1.165, 1.54) is 7.11 Å². The first kappa shape index (κ1) is 13.0. The minimum atomic E-state index is -0.244. The molecule has 0 bridgehead atoms. The van der Waals surface area contributed by atoms with Crippen LogP contribution in [0.3, 0.4) is 0 Å². The summed E-state index contributed by atoms with van der Waals surface area (Å²) >= 11 is 0. The number of nitrogens with one attached hydrogen (secondary N) is 1. The van der Waals surface area contributed by atoms with Crippen LogP contribution < -0.4 is 5.32 Å². The molecule has 0 amide bonds. The van der Waals surface area contributed by atoms with E-state index in [0.717, 1.165) is 13.0 Å². The lowest BCUT2D eigenvalue weighted by Gasteiger charge is -2.05. The topological polar surface area (TPSA) is 73.6 Å². The van der Waals surface area contributed by atoms with Crippen molar-refractivity contribution in [1.29, 1.82) is 0 Å². The highest BCUT2D eigenvalue weighted by Gasteiger charge is 2.28. The summed E-state index contributed by atoms with van der Waals surface area (Å²) in [7, 11) is 3.08. The second kappa shape index (κ2) is 5.97. The normalized spacial score (nSPS) is 23.2. The summed E-state index contributed by atoms with van der Waals surface area (Å²) in [6, 6.07) is 0.0989. The number of methoxy groups -OCH3 is 2. The van der Waals surface area contributed by atoms with Crippen molar-refractivity contribution in [2.75, 3.05) is 20.8 Å². The van der Waals surface area contributed by atoms with Crippen LogP contribution in [0.5, 0.6) is 0 Å². The van der Waals surface area contributed by atoms with E-state index in [-0.39, 0.29) is 18.1 Å². The number of carbonyl (C=O) groups is 1. The van der Waals surface area contributed by atoms with Gasteiger partial charge in [0.1, 0.15) is 5.76 Å². The first-order valence-electron chi connectivity index (χ1n) is 6.00. The first-order chi connectivity index (χ1) is 8.72. The van der Waals surface area contributed by atoms with Crippen LogP contribution in [0.4, 0.5) is 0 Å². The van der Waals surface area contributed by atoms with Gasteiger partial charge in [0.2, 0.25) is 5.89 Å². The van der Waals surface area contributed by atoms with E-state index < -0.39 is 0 Å². The van der Waals surface area contributed by atoms with Crippen molar-refractivity contribution in [1.82, 2.24) is 10.3 Å². The van der Waals surface area contributed by atoms with Gasteiger partial charge in [0, 0.05) is 20.1 Å². The summed E-state index contributed by atoms with van der Waals surface area (Å²) in [4.78, 5) is 15.3. The zero-order chi connectivity index (χ0) is 13.0. The smallest absolute Gasteiger partial charge is 0.305 e. The summed E-state index contributed by atoms with van der Waals surface area (Å²) < 4.78 is 15.5. The molecule has 1 aliphatic heterocycles. The minimum absolute atomic E-state index is 0.0989. The average Bonchev–Trinajstić information content (AvgIpc) is 3.03. The van der Waals surface area contributed by atoms with Gasteiger partial charge in [0.05, 0.1) is 31.9 Å². The van der Waals surface area contributed by atoms with Crippen molar-refractivity contribution in [2.24, 2.45) is 0 Å². The molecule has 1 saturated heterocycles. The van der Waals surface area contributed by atoms with Gasteiger partial charge < -0.3 is 19.2 Å². The number of rotatable bonds is 5. The third-order valence-corrected chi connectivity index (χ3v) is 3.10. The zero-order valence-corrected chi connectivity index (χ0v) is 10.6. The zero-order valence-electron chi connectivity index (χ0n) is 10.6. The number of ether oxygens (including phenoxy) is 2. The molecule has 6 heteroatoms. The van der Waals surface area contributed by atoms with Crippen molar-refractivity contribution in [3.8, 4) is 0 Å². The van der Waals surface area contributed by atoms with Crippen molar-refractivity contribution >= 4 is 5.97 Å². The quantitative estimate of drug-likeness (QED) is 0.784. The molecule has 2 heterocycles. The second-order valence-corrected chi connectivity index (χ2v) is 4.30. The molecule has 2 atom stereocenters. The van der Waals surface area contributed by atoms with Crippen LogP contribution in [0, 0.1) is 0 Å². The van der Waals surface area contributed by atoms with Gasteiger partial charge in [-0.25, -0.2) is 4.98 Å². The van der Waals surface area contributed by atoms with E-state index in [1.54, 1.807) is 13.3 Å². The Kier molecular flexibility index (Phi) is 4.33. The van der Waals surface area contributed by atoms with Gasteiger partial charge in [-0.3, -0.25) is 4.79 Å². The molecule has 1 N–H and O–H groups in total. The molecule has 100 valence electrons. The van der Waals surface area contributed by atoms with Crippen LogP contribution in [-0.2, 0) is 20.7 Å². The van der Waals surface area contributed by atoms with Gasteiger partial charge in [0.25, 0.3) is 0 Å². The molecule has 1 fully saturated rings. The Labute approximate surface area is 106 Å². The highest BCUT2D eigenvalue weighted by molar-refractivity contribution is 5.69. The van der Waals surface area contributed by atoms with Crippen LogP contribution in [0.2, 0.25) is 0 Å². The highest BCUT2D eigenvalue weighted by Crippen LogP contribution is 2.24. The first-order valence-corrected chi connectivity index (χ1v) is 6.00. The van der Waals surface area contributed by atoms with Crippen molar-refractivity contribution in [3.63, 3.8) is 0 Å². The van der Waals surface area contributed by atoms with Gasteiger partial charge in [-0.15, -0.1) is 0 Å². The summed E-state index contributed by atoms with van der Waals surface area (Å²) in [5, 5.41) is 3.29. The minimum Gasteiger partial charge on any atom is -0.469 e. The van der Waals surface area contributed by atoms with Crippen LogP contribution in [0.25, 0.3) is 0 Å². The third-order valence-electron chi connectivity index (χ3n) is 3.10. The van der Waals surface area contributed by atoms with E-state index in [9.17, 15) is 4.79 Å². The predicted octanol–water partition coefficient (Wildman–Crippen LogP) is 0.830. The van der Waals surface area contributed by atoms with Gasteiger partial charge >= 0.3 is 5.97 Å². The lowest BCUT2D eigenvalue weighted by atomic mass is 10.2. The van der Waals surface area contributed by atoms with Crippen molar-refractivity contribution in [3.05, 3.63) is 17.8 Å². The Morgan fingerprint density at radius 3 is 3.11 bits per heavy atom. The molecular weight excluding hydrogens is 236 g/mol.